The molecule has 0 saturated carbocycles. The molecular formula is C26H41FN2O2. The first-order valence-electron chi connectivity index (χ1n) is 12.4. The molecule has 2 aliphatic heterocycles. The van der Waals surface area contributed by atoms with Gasteiger partial charge in [0.1, 0.15) is 11.6 Å². The Morgan fingerprint density at radius 2 is 1.84 bits per heavy atom. The standard InChI is InChI=1S/C26H41FN2O2/c1-5-8-9-20-17-29(16-19(20)7-3)21-10-12-28(13-11-21)24-15-25(30)22(14-23(24)27)26(31)18(4)6-2/h14-15,18-21,30H,5-13,16-17H2,1-4H3. The maximum absolute atomic E-state index is 14.9. The van der Waals surface area contributed by atoms with Crippen LogP contribution in [0.3, 0.4) is 0 Å². The van der Waals surface area contributed by atoms with E-state index in [2.05, 4.69) is 18.7 Å². The van der Waals surface area contributed by atoms with Crippen molar-refractivity contribution < 1.29 is 14.3 Å². The summed E-state index contributed by atoms with van der Waals surface area (Å²) in [7, 11) is 0. The van der Waals surface area contributed by atoms with E-state index in [0.717, 1.165) is 37.8 Å². The Morgan fingerprint density at radius 1 is 1.16 bits per heavy atom. The molecule has 2 fully saturated rings. The number of benzene rings is 1. The number of carbonyl (C=O) groups is 1. The first kappa shape index (κ1) is 24.0. The van der Waals surface area contributed by atoms with Gasteiger partial charge in [-0.1, -0.05) is 47.0 Å². The van der Waals surface area contributed by atoms with Gasteiger partial charge >= 0.3 is 0 Å². The number of anilines is 1. The lowest BCUT2D eigenvalue weighted by Gasteiger charge is -2.38. The highest BCUT2D eigenvalue weighted by atomic mass is 19.1. The lowest BCUT2D eigenvalue weighted by molar-refractivity contribution is 0.0924. The zero-order valence-electron chi connectivity index (χ0n) is 19.9. The molecule has 0 aliphatic carbocycles. The van der Waals surface area contributed by atoms with Crippen molar-refractivity contribution >= 4 is 11.5 Å². The van der Waals surface area contributed by atoms with Crippen molar-refractivity contribution in [1.82, 2.24) is 4.90 Å². The number of halogens is 1. The molecule has 3 unspecified atom stereocenters. The SMILES string of the molecule is CCCCC1CN(C2CCN(c3cc(O)c(C(=O)C(C)CC)cc3F)CC2)CC1CC. The van der Waals surface area contributed by atoms with E-state index in [1.807, 2.05) is 18.7 Å². The van der Waals surface area contributed by atoms with Crippen LogP contribution in [0, 0.1) is 23.6 Å². The van der Waals surface area contributed by atoms with Gasteiger partial charge in [0.25, 0.3) is 0 Å². The fourth-order valence-corrected chi connectivity index (χ4v) is 5.44. The average molecular weight is 433 g/mol. The summed E-state index contributed by atoms with van der Waals surface area (Å²) in [5.74, 6) is 0.715. The van der Waals surface area contributed by atoms with E-state index in [4.69, 9.17) is 0 Å². The van der Waals surface area contributed by atoms with Crippen molar-refractivity contribution in [2.75, 3.05) is 31.1 Å². The number of rotatable bonds is 9. The maximum Gasteiger partial charge on any atom is 0.169 e. The van der Waals surface area contributed by atoms with E-state index in [1.165, 1.54) is 50.9 Å². The summed E-state index contributed by atoms with van der Waals surface area (Å²) in [5.41, 5.74) is 0.525. The molecule has 3 rings (SSSR count). The number of Topliss-reactive ketones (excluding diaryl/α,β-unsaturated/α-hetero) is 1. The molecule has 1 aromatic rings. The highest BCUT2D eigenvalue weighted by Gasteiger charge is 2.36. The van der Waals surface area contributed by atoms with Gasteiger partial charge in [-0.25, -0.2) is 4.39 Å². The minimum atomic E-state index is -0.408. The molecule has 5 heteroatoms. The average Bonchev–Trinajstić information content (AvgIpc) is 3.21. The van der Waals surface area contributed by atoms with Gasteiger partial charge in [0.2, 0.25) is 0 Å². The van der Waals surface area contributed by atoms with Crippen LogP contribution in [0.1, 0.15) is 83.0 Å². The Bertz CT molecular complexity index is 745. The van der Waals surface area contributed by atoms with Crippen molar-refractivity contribution in [3.05, 3.63) is 23.5 Å². The molecular weight excluding hydrogens is 391 g/mol. The van der Waals surface area contributed by atoms with Crippen molar-refractivity contribution in [2.24, 2.45) is 17.8 Å². The summed E-state index contributed by atoms with van der Waals surface area (Å²) >= 11 is 0. The van der Waals surface area contributed by atoms with Crippen LogP contribution >= 0.6 is 0 Å². The second-order valence-electron chi connectivity index (χ2n) is 9.74. The highest BCUT2D eigenvalue weighted by Crippen LogP contribution is 2.36. The maximum atomic E-state index is 14.9. The third-order valence-corrected chi connectivity index (χ3v) is 7.77. The van der Waals surface area contributed by atoms with E-state index < -0.39 is 5.82 Å². The Hall–Kier alpha value is -1.62. The number of ketones is 1. The quantitative estimate of drug-likeness (QED) is 0.495. The predicted octanol–water partition coefficient (Wildman–Crippen LogP) is 5.88. The van der Waals surface area contributed by atoms with Gasteiger partial charge in [-0.15, -0.1) is 0 Å². The molecule has 2 saturated heterocycles. The van der Waals surface area contributed by atoms with Gasteiger partial charge in [0.15, 0.2) is 5.78 Å². The number of likely N-dealkylation sites (tertiary alicyclic amines) is 1. The number of carbonyl (C=O) groups excluding carboxylic acids is 1. The summed E-state index contributed by atoms with van der Waals surface area (Å²) in [6.45, 7) is 12.3. The third-order valence-electron chi connectivity index (χ3n) is 7.77. The molecule has 1 N–H and O–H groups in total. The normalized spacial score (nSPS) is 24.0. The number of nitrogens with zero attached hydrogens (tertiary/aromatic N) is 2. The number of aromatic hydroxyl groups is 1. The highest BCUT2D eigenvalue weighted by molar-refractivity contribution is 6.00. The molecule has 0 radical (unpaired) electrons. The summed E-state index contributed by atoms with van der Waals surface area (Å²) in [4.78, 5) is 17.1. The summed E-state index contributed by atoms with van der Waals surface area (Å²) < 4.78 is 14.9. The van der Waals surface area contributed by atoms with Gasteiger partial charge in [0, 0.05) is 44.2 Å². The van der Waals surface area contributed by atoms with Gasteiger partial charge in [0.05, 0.1) is 11.3 Å². The first-order chi connectivity index (χ1) is 14.9. The minimum Gasteiger partial charge on any atom is -0.507 e. The van der Waals surface area contributed by atoms with Gasteiger partial charge in [-0.2, -0.15) is 0 Å². The van der Waals surface area contributed by atoms with Crippen LogP contribution in [0.4, 0.5) is 10.1 Å². The van der Waals surface area contributed by atoms with Crippen LogP contribution in [0.25, 0.3) is 0 Å². The molecule has 1 aromatic carbocycles. The second kappa shape index (κ2) is 10.8. The number of unbranched alkanes of at least 4 members (excludes halogenated alkanes) is 1. The minimum absolute atomic E-state index is 0.103. The van der Waals surface area contributed by atoms with E-state index >= 15 is 0 Å². The van der Waals surface area contributed by atoms with Crippen molar-refractivity contribution in [3.8, 4) is 5.75 Å². The van der Waals surface area contributed by atoms with E-state index in [0.29, 0.717) is 18.2 Å². The van der Waals surface area contributed by atoms with Gasteiger partial charge < -0.3 is 10.0 Å². The topological polar surface area (TPSA) is 43.8 Å². The fourth-order valence-electron chi connectivity index (χ4n) is 5.44. The van der Waals surface area contributed by atoms with E-state index in [9.17, 15) is 14.3 Å². The molecule has 0 aromatic heterocycles. The molecule has 3 atom stereocenters. The Labute approximate surface area is 187 Å². The number of piperidine rings is 1. The molecule has 0 amide bonds. The second-order valence-corrected chi connectivity index (χ2v) is 9.74. The molecule has 31 heavy (non-hydrogen) atoms. The van der Waals surface area contributed by atoms with Crippen molar-refractivity contribution in [3.63, 3.8) is 0 Å². The molecule has 0 spiro atoms. The van der Waals surface area contributed by atoms with Crippen LogP contribution in [0.15, 0.2) is 12.1 Å². The van der Waals surface area contributed by atoms with E-state index in [1.54, 1.807) is 0 Å². The van der Waals surface area contributed by atoms with Crippen LogP contribution in [-0.2, 0) is 0 Å². The predicted molar refractivity (Wildman–Crippen MR) is 125 cm³/mol. The molecule has 4 nitrogen and oxygen atoms in total. The smallest absolute Gasteiger partial charge is 0.169 e. The first-order valence-corrected chi connectivity index (χ1v) is 12.4. The van der Waals surface area contributed by atoms with Crippen molar-refractivity contribution in [2.45, 2.75) is 78.7 Å². The molecule has 2 heterocycles. The lowest BCUT2D eigenvalue weighted by atomic mass is 9.89. The third kappa shape index (κ3) is 5.42. The lowest BCUT2D eigenvalue weighted by Crippen LogP contribution is -2.44. The van der Waals surface area contributed by atoms with Gasteiger partial charge in [-0.3, -0.25) is 9.69 Å². The zero-order chi connectivity index (χ0) is 22.5. The fraction of sp³-hybridized carbons (Fsp3) is 0.731. The summed E-state index contributed by atoms with van der Waals surface area (Å²) in [6, 6.07) is 3.25. The summed E-state index contributed by atoms with van der Waals surface area (Å²) in [6.07, 6.45) is 7.91. The van der Waals surface area contributed by atoms with Crippen LogP contribution in [-0.4, -0.2) is 48.0 Å². The monoisotopic (exact) mass is 432 g/mol. The Morgan fingerprint density at radius 3 is 2.45 bits per heavy atom. The zero-order valence-corrected chi connectivity index (χ0v) is 19.9. The number of hydrogen-bond acceptors (Lipinski definition) is 4. The molecule has 2 aliphatic rings. The number of hydrogen-bond donors (Lipinski definition) is 1. The van der Waals surface area contributed by atoms with E-state index in [-0.39, 0.29) is 23.0 Å². The number of phenolic OH excluding ortho intramolecular Hbond substituents is 1. The number of phenols is 1. The summed E-state index contributed by atoms with van der Waals surface area (Å²) in [5, 5.41) is 10.4. The Balaban J connectivity index is 1.62. The van der Waals surface area contributed by atoms with Crippen LogP contribution in [0.2, 0.25) is 0 Å². The largest absolute Gasteiger partial charge is 0.507 e. The van der Waals surface area contributed by atoms with Crippen LogP contribution < -0.4 is 4.90 Å². The van der Waals surface area contributed by atoms with Crippen LogP contribution in [0.5, 0.6) is 5.75 Å². The Kier molecular flexibility index (Phi) is 8.37. The molecule has 174 valence electrons. The van der Waals surface area contributed by atoms with Crippen molar-refractivity contribution in [1.29, 1.82) is 0 Å². The van der Waals surface area contributed by atoms with Gasteiger partial charge in [-0.05, 0) is 43.6 Å². The molecule has 0 bridgehead atoms.